The van der Waals surface area contributed by atoms with E-state index in [1.165, 1.54) is 13.0 Å². The van der Waals surface area contributed by atoms with E-state index in [-0.39, 0.29) is 5.57 Å². The van der Waals surface area contributed by atoms with Gasteiger partial charge in [0, 0.05) is 0 Å². The zero-order valence-electron chi connectivity index (χ0n) is 8.46. The summed E-state index contributed by atoms with van der Waals surface area (Å²) in [5.74, 6) is -1.16. The normalized spacial score (nSPS) is 11.3. The number of carbonyl (C=O) groups is 2. The summed E-state index contributed by atoms with van der Waals surface area (Å²) >= 11 is 11.5. The number of benzene rings is 1. The molecule has 0 atom stereocenters. The molecule has 0 bridgehead atoms. The monoisotopic (exact) mass is 257 g/mol. The summed E-state index contributed by atoms with van der Waals surface area (Å²) in [5, 5.41) is 0.755. The number of Topliss-reactive ketones (excluding diaryl/α,β-unsaturated/α-hetero) is 1. The average molecular weight is 258 g/mol. The van der Waals surface area contributed by atoms with Gasteiger partial charge < -0.3 is 5.73 Å². The number of halogens is 2. The molecule has 0 saturated carbocycles. The fourth-order valence-corrected chi connectivity index (χ4v) is 1.42. The molecule has 1 amide bonds. The Morgan fingerprint density at radius 2 is 1.88 bits per heavy atom. The molecule has 0 saturated heterocycles. The van der Waals surface area contributed by atoms with E-state index in [9.17, 15) is 9.59 Å². The Bertz CT molecular complexity index is 465. The van der Waals surface area contributed by atoms with Crippen LogP contribution in [0.4, 0.5) is 0 Å². The zero-order valence-corrected chi connectivity index (χ0v) is 9.97. The van der Waals surface area contributed by atoms with Gasteiger partial charge in [-0.1, -0.05) is 29.3 Å². The van der Waals surface area contributed by atoms with Gasteiger partial charge in [-0.15, -0.1) is 0 Å². The Labute approximate surface area is 103 Å². The van der Waals surface area contributed by atoms with Gasteiger partial charge in [-0.05, 0) is 30.7 Å². The van der Waals surface area contributed by atoms with Crippen molar-refractivity contribution in [2.75, 3.05) is 0 Å². The van der Waals surface area contributed by atoms with Crippen molar-refractivity contribution in [1.82, 2.24) is 0 Å². The fraction of sp³-hybridized carbons (Fsp3) is 0.0909. The second kappa shape index (κ2) is 5.14. The van der Waals surface area contributed by atoms with Gasteiger partial charge in [0.25, 0.3) is 5.91 Å². The molecule has 5 heteroatoms. The number of amides is 1. The van der Waals surface area contributed by atoms with Crippen molar-refractivity contribution in [3.63, 3.8) is 0 Å². The first-order valence-corrected chi connectivity index (χ1v) is 5.15. The maximum absolute atomic E-state index is 11.1. The van der Waals surface area contributed by atoms with Gasteiger partial charge in [0.05, 0.1) is 15.6 Å². The predicted molar refractivity (Wildman–Crippen MR) is 64.3 cm³/mol. The van der Waals surface area contributed by atoms with Crippen LogP contribution in [-0.2, 0) is 9.59 Å². The molecule has 16 heavy (non-hydrogen) atoms. The quantitative estimate of drug-likeness (QED) is 0.514. The van der Waals surface area contributed by atoms with E-state index in [1.54, 1.807) is 18.2 Å². The summed E-state index contributed by atoms with van der Waals surface area (Å²) in [5.41, 5.74) is 5.59. The number of hydrogen-bond acceptors (Lipinski definition) is 2. The number of ketones is 1. The lowest BCUT2D eigenvalue weighted by atomic mass is 10.1. The van der Waals surface area contributed by atoms with Crippen LogP contribution in [-0.4, -0.2) is 11.7 Å². The molecule has 0 aromatic heterocycles. The van der Waals surface area contributed by atoms with E-state index < -0.39 is 11.7 Å². The van der Waals surface area contributed by atoms with Gasteiger partial charge >= 0.3 is 0 Å². The van der Waals surface area contributed by atoms with Crippen molar-refractivity contribution in [1.29, 1.82) is 0 Å². The summed E-state index contributed by atoms with van der Waals surface area (Å²) in [7, 11) is 0. The highest BCUT2D eigenvalue weighted by molar-refractivity contribution is 6.42. The van der Waals surface area contributed by atoms with Crippen LogP contribution in [0.25, 0.3) is 6.08 Å². The molecule has 0 aliphatic heterocycles. The van der Waals surface area contributed by atoms with E-state index in [4.69, 9.17) is 28.9 Å². The number of nitrogens with two attached hydrogens (primary N) is 1. The Hall–Kier alpha value is -1.32. The Balaban J connectivity index is 3.18. The SMILES string of the molecule is CC(=O)C(=Cc1ccc(Cl)c(Cl)c1)C(N)=O. The number of hydrogen-bond donors (Lipinski definition) is 1. The standard InChI is InChI=1S/C11H9Cl2NO2/c1-6(15)8(11(14)16)4-7-2-3-9(12)10(13)5-7/h2-5H,1H3,(H2,14,16). The van der Waals surface area contributed by atoms with Crippen LogP contribution in [0.15, 0.2) is 23.8 Å². The topological polar surface area (TPSA) is 60.2 Å². The molecule has 0 heterocycles. The first-order valence-electron chi connectivity index (χ1n) is 4.39. The second-order valence-electron chi connectivity index (χ2n) is 3.15. The predicted octanol–water partition coefficient (Wildman–Crippen LogP) is 2.45. The molecule has 0 aliphatic carbocycles. The molecule has 3 nitrogen and oxygen atoms in total. The van der Waals surface area contributed by atoms with Gasteiger partial charge in [-0.25, -0.2) is 0 Å². The minimum absolute atomic E-state index is 0.0709. The number of primary amides is 1. The van der Waals surface area contributed by atoms with Crippen LogP contribution in [0.5, 0.6) is 0 Å². The lowest BCUT2D eigenvalue weighted by Crippen LogP contribution is -2.18. The smallest absolute Gasteiger partial charge is 0.252 e. The lowest BCUT2D eigenvalue weighted by molar-refractivity contribution is -0.119. The number of carbonyl (C=O) groups excluding carboxylic acids is 2. The summed E-state index contributed by atoms with van der Waals surface area (Å²) in [6, 6.07) is 4.77. The maximum Gasteiger partial charge on any atom is 0.252 e. The highest BCUT2D eigenvalue weighted by Crippen LogP contribution is 2.23. The van der Waals surface area contributed by atoms with Crippen LogP contribution in [0.1, 0.15) is 12.5 Å². The third kappa shape index (κ3) is 3.08. The molecule has 84 valence electrons. The van der Waals surface area contributed by atoms with Crippen LogP contribution in [0.2, 0.25) is 10.0 Å². The number of rotatable bonds is 3. The van der Waals surface area contributed by atoms with Crippen LogP contribution >= 0.6 is 23.2 Å². The van der Waals surface area contributed by atoms with Gasteiger partial charge in [-0.2, -0.15) is 0 Å². The van der Waals surface area contributed by atoms with Gasteiger partial charge in [0.15, 0.2) is 5.78 Å². The summed E-state index contributed by atoms with van der Waals surface area (Å²) < 4.78 is 0. The highest BCUT2D eigenvalue weighted by atomic mass is 35.5. The summed E-state index contributed by atoms with van der Waals surface area (Å²) in [4.78, 5) is 22.1. The molecule has 0 radical (unpaired) electrons. The third-order valence-corrected chi connectivity index (χ3v) is 2.64. The van der Waals surface area contributed by atoms with Crippen LogP contribution < -0.4 is 5.73 Å². The van der Waals surface area contributed by atoms with Crippen molar-refractivity contribution in [2.45, 2.75) is 6.92 Å². The van der Waals surface area contributed by atoms with E-state index >= 15 is 0 Å². The Morgan fingerprint density at radius 3 is 2.31 bits per heavy atom. The van der Waals surface area contributed by atoms with E-state index in [0.29, 0.717) is 15.6 Å². The molecule has 0 unspecified atom stereocenters. The lowest BCUT2D eigenvalue weighted by Gasteiger charge is -2.00. The largest absolute Gasteiger partial charge is 0.365 e. The highest BCUT2D eigenvalue weighted by Gasteiger charge is 2.10. The van der Waals surface area contributed by atoms with Crippen molar-refractivity contribution < 1.29 is 9.59 Å². The van der Waals surface area contributed by atoms with E-state index in [0.717, 1.165) is 0 Å². The maximum atomic E-state index is 11.1. The molecule has 1 rings (SSSR count). The minimum Gasteiger partial charge on any atom is -0.365 e. The van der Waals surface area contributed by atoms with Crippen LogP contribution in [0.3, 0.4) is 0 Å². The van der Waals surface area contributed by atoms with Crippen molar-refractivity contribution in [3.05, 3.63) is 39.4 Å². The molecule has 0 aliphatic rings. The molecule has 1 aromatic carbocycles. The Morgan fingerprint density at radius 1 is 1.25 bits per heavy atom. The molecular formula is C11H9Cl2NO2. The zero-order chi connectivity index (χ0) is 12.3. The molecule has 0 fully saturated rings. The first-order chi connectivity index (χ1) is 7.41. The molecule has 2 N–H and O–H groups in total. The van der Waals surface area contributed by atoms with Crippen molar-refractivity contribution in [3.8, 4) is 0 Å². The van der Waals surface area contributed by atoms with E-state index in [1.807, 2.05) is 0 Å². The Kier molecular flexibility index (Phi) is 4.10. The molecular weight excluding hydrogens is 249 g/mol. The third-order valence-electron chi connectivity index (χ3n) is 1.90. The van der Waals surface area contributed by atoms with Crippen molar-refractivity contribution in [2.24, 2.45) is 5.73 Å². The van der Waals surface area contributed by atoms with Gasteiger partial charge in [-0.3, -0.25) is 9.59 Å². The van der Waals surface area contributed by atoms with Crippen LogP contribution in [0, 0.1) is 0 Å². The van der Waals surface area contributed by atoms with Crippen molar-refractivity contribution >= 4 is 41.0 Å². The molecule has 1 aromatic rings. The summed E-state index contributed by atoms with van der Waals surface area (Å²) in [6.07, 6.45) is 1.38. The van der Waals surface area contributed by atoms with E-state index in [2.05, 4.69) is 0 Å². The second-order valence-corrected chi connectivity index (χ2v) is 3.97. The van der Waals surface area contributed by atoms with Gasteiger partial charge in [0.2, 0.25) is 0 Å². The average Bonchev–Trinajstić information content (AvgIpc) is 2.18. The van der Waals surface area contributed by atoms with Gasteiger partial charge in [0.1, 0.15) is 0 Å². The first kappa shape index (κ1) is 12.7. The molecule has 0 spiro atoms. The summed E-state index contributed by atoms with van der Waals surface area (Å²) in [6.45, 7) is 1.27. The fourth-order valence-electron chi connectivity index (χ4n) is 1.12. The minimum atomic E-state index is -0.765.